The Morgan fingerprint density at radius 3 is 1.68 bits per heavy atom. The highest BCUT2D eigenvalue weighted by Gasteiger charge is 2.57. The summed E-state index contributed by atoms with van der Waals surface area (Å²) in [6.07, 6.45) is 2.27. The van der Waals surface area contributed by atoms with Gasteiger partial charge in [-0.1, -0.05) is 20.8 Å². The third kappa shape index (κ3) is 4.88. The Kier molecular flexibility index (Phi) is 11.5. The molecule has 4 nitrogen and oxygen atoms in total. The van der Waals surface area contributed by atoms with E-state index in [0.29, 0.717) is 10.9 Å². The van der Waals surface area contributed by atoms with Gasteiger partial charge in [-0.3, -0.25) is 5.41 Å². The van der Waals surface area contributed by atoms with Crippen LogP contribution in [0.25, 0.3) is 0 Å². The van der Waals surface area contributed by atoms with Gasteiger partial charge in [-0.05, 0) is 18.2 Å². The molecule has 0 aliphatic rings. The van der Waals surface area contributed by atoms with Crippen molar-refractivity contribution in [3.63, 3.8) is 0 Å². The standard InChI is InChI=1S/C12H28N3OS.2BrH/c1-7-11(8-2,15(4,5)6)12(16,9-3)17-10(13)14;;/h16H,7-9H2,1-6H3,(H3,13,14);2*1H/q+1;;/p-1. The first-order valence-corrected chi connectivity index (χ1v) is 6.98. The summed E-state index contributed by atoms with van der Waals surface area (Å²) in [6, 6.07) is 0. The number of hydrogen-bond acceptors (Lipinski definition) is 3. The number of rotatable bonds is 6. The number of nitrogens with two attached hydrogens (primary N) is 1. The summed E-state index contributed by atoms with van der Waals surface area (Å²) < 4.78 is 0.657. The summed E-state index contributed by atoms with van der Waals surface area (Å²) in [6.45, 7) is 6.13. The zero-order valence-electron chi connectivity index (χ0n) is 12.8. The van der Waals surface area contributed by atoms with Crippen molar-refractivity contribution in [2.24, 2.45) is 5.73 Å². The van der Waals surface area contributed by atoms with E-state index in [1.165, 1.54) is 0 Å². The first kappa shape index (κ1) is 24.7. The van der Waals surface area contributed by atoms with Gasteiger partial charge in [0.2, 0.25) is 0 Å². The predicted molar refractivity (Wildman–Crippen MR) is 86.4 cm³/mol. The quantitative estimate of drug-likeness (QED) is 0.235. The largest absolute Gasteiger partial charge is 1.00 e. The van der Waals surface area contributed by atoms with E-state index >= 15 is 0 Å². The fourth-order valence-electron chi connectivity index (χ4n) is 2.95. The minimum atomic E-state index is -0.999. The highest BCUT2D eigenvalue weighted by Crippen LogP contribution is 2.46. The average Bonchev–Trinajstić information content (AvgIpc) is 2.16. The number of amidine groups is 1. The Labute approximate surface area is 143 Å². The Morgan fingerprint density at radius 1 is 1.16 bits per heavy atom. The summed E-state index contributed by atoms with van der Waals surface area (Å²) in [7, 11) is 6.27. The first-order chi connectivity index (χ1) is 7.60. The minimum absolute atomic E-state index is 0. The lowest BCUT2D eigenvalue weighted by molar-refractivity contribution is -0.930. The van der Waals surface area contributed by atoms with Gasteiger partial charge in [0.1, 0.15) is 5.54 Å². The first-order valence-electron chi connectivity index (χ1n) is 6.17. The fourth-order valence-corrected chi connectivity index (χ4v) is 4.21. The van der Waals surface area contributed by atoms with Crippen LogP contribution < -0.4 is 22.7 Å². The second-order valence-electron chi connectivity index (χ2n) is 5.36. The lowest BCUT2D eigenvalue weighted by Gasteiger charge is -2.53. The van der Waals surface area contributed by atoms with Crippen molar-refractivity contribution in [3.05, 3.63) is 0 Å². The number of nitrogens with one attached hydrogen (secondary N) is 1. The molecule has 7 heteroatoms. The molecule has 0 aromatic carbocycles. The van der Waals surface area contributed by atoms with E-state index in [1.54, 1.807) is 0 Å². The molecule has 0 aliphatic heterocycles. The molecule has 0 rings (SSSR count). The highest BCUT2D eigenvalue weighted by molar-refractivity contribution is 8.93. The highest BCUT2D eigenvalue weighted by atomic mass is 79.9. The monoisotopic (exact) mass is 421 g/mol. The molecule has 0 bridgehead atoms. The van der Waals surface area contributed by atoms with Crippen LogP contribution in [-0.2, 0) is 0 Å². The van der Waals surface area contributed by atoms with Gasteiger partial charge >= 0.3 is 0 Å². The lowest BCUT2D eigenvalue weighted by Crippen LogP contribution is -3.00. The summed E-state index contributed by atoms with van der Waals surface area (Å²) in [5, 5.41) is 18.4. The summed E-state index contributed by atoms with van der Waals surface area (Å²) in [5.41, 5.74) is 5.18. The maximum Gasteiger partial charge on any atom is 0.172 e. The van der Waals surface area contributed by atoms with Crippen LogP contribution in [0, 0.1) is 5.41 Å². The maximum atomic E-state index is 11.0. The molecule has 0 aliphatic carbocycles. The molecule has 0 radical (unpaired) electrons. The van der Waals surface area contributed by atoms with Crippen molar-refractivity contribution in [1.29, 1.82) is 5.41 Å². The van der Waals surface area contributed by atoms with Gasteiger partial charge in [0.25, 0.3) is 0 Å². The van der Waals surface area contributed by atoms with Crippen LogP contribution in [0.4, 0.5) is 0 Å². The van der Waals surface area contributed by atoms with Crippen LogP contribution in [0.2, 0.25) is 0 Å². The number of halogens is 2. The Balaban J connectivity index is -0.00000128. The number of likely N-dealkylation sites (N-methyl/N-ethyl adjacent to an activating group) is 1. The van der Waals surface area contributed by atoms with Crippen LogP contribution >= 0.6 is 28.7 Å². The minimum Gasteiger partial charge on any atom is -1.00 e. The van der Waals surface area contributed by atoms with Gasteiger partial charge in [-0.25, -0.2) is 0 Å². The van der Waals surface area contributed by atoms with Crippen molar-refractivity contribution in [2.75, 3.05) is 21.1 Å². The van der Waals surface area contributed by atoms with Gasteiger partial charge in [-0.2, -0.15) is 0 Å². The van der Waals surface area contributed by atoms with Crippen molar-refractivity contribution in [3.8, 4) is 0 Å². The molecule has 0 heterocycles. The molecule has 1 atom stereocenters. The maximum absolute atomic E-state index is 11.0. The molecular weight excluding hydrogens is 394 g/mol. The summed E-state index contributed by atoms with van der Waals surface area (Å²) in [4.78, 5) is -0.999. The van der Waals surface area contributed by atoms with Crippen LogP contribution in [-0.4, -0.2) is 46.4 Å². The number of thioether (sulfide) groups is 1. The third-order valence-electron chi connectivity index (χ3n) is 3.94. The molecule has 0 spiro atoms. The topological polar surface area (TPSA) is 70.1 Å². The Bertz CT molecular complexity index is 281. The van der Waals surface area contributed by atoms with E-state index in [4.69, 9.17) is 11.1 Å². The number of hydrogen-bond donors (Lipinski definition) is 3. The van der Waals surface area contributed by atoms with Crippen molar-refractivity contribution in [2.45, 2.75) is 50.5 Å². The Morgan fingerprint density at radius 2 is 1.53 bits per heavy atom. The molecule has 118 valence electrons. The van der Waals surface area contributed by atoms with Gasteiger partial charge in [0.15, 0.2) is 10.1 Å². The van der Waals surface area contributed by atoms with Crippen LogP contribution in [0.5, 0.6) is 0 Å². The second-order valence-corrected chi connectivity index (χ2v) is 6.67. The predicted octanol–water partition coefficient (Wildman–Crippen LogP) is -0.441. The average molecular weight is 423 g/mol. The second kappa shape index (κ2) is 8.87. The number of aliphatic hydroxyl groups is 1. The summed E-state index contributed by atoms with van der Waals surface area (Å²) >= 11 is 1.09. The number of nitrogens with zero attached hydrogens (tertiary/aromatic N) is 1. The SMILES string of the molecule is Br.CCC(O)(SC(=N)N)C(CC)(CC)[N+](C)(C)C.[Br-]. The molecule has 0 fully saturated rings. The van der Waals surface area contributed by atoms with E-state index in [1.807, 2.05) is 6.92 Å². The zero-order chi connectivity index (χ0) is 13.9. The molecule has 0 aromatic heterocycles. The molecular formula is C12H29Br2N3OS. The Hall–Kier alpha value is 0.700. The molecule has 0 aromatic rings. The van der Waals surface area contributed by atoms with E-state index in [9.17, 15) is 5.11 Å². The van der Waals surface area contributed by atoms with Gasteiger partial charge in [0.05, 0.1) is 21.1 Å². The molecule has 19 heavy (non-hydrogen) atoms. The molecule has 4 N–H and O–H groups in total. The van der Waals surface area contributed by atoms with Crippen molar-refractivity contribution in [1.82, 2.24) is 0 Å². The van der Waals surface area contributed by atoms with Gasteiger partial charge < -0.3 is 32.3 Å². The van der Waals surface area contributed by atoms with Gasteiger partial charge in [-0.15, -0.1) is 17.0 Å². The zero-order valence-corrected chi connectivity index (χ0v) is 16.9. The van der Waals surface area contributed by atoms with Crippen LogP contribution in [0.1, 0.15) is 40.0 Å². The lowest BCUT2D eigenvalue weighted by atomic mass is 9.81. The number of quaternary nitrogens is 1. The van der Waals surface area contributed by atoms with E-state index in [-0.39, 0.29) is 44.7 Å². The molecule has 0 saturated carbocycles. The third-order valence-corrected chi connectivity index (χ3v) is 5.17. The fraction of sp³-hybridized carbons (Fsp3) is 0.917. The van der Waals surface area contributed by atoms with Crippen LogP contribution in [0.3, 0.4) is 0 Å². The van der Waals surface area contributed by atoms with Gasteiger partial charge in [0, 0.05) is 12.8 Å². The van der Waals surface area contributed by atoms with Crippen molar-refractivity contribution >= 4 is 33.9 Å². The normalized spacial score (nSPS) is 14.9. The van der Waals surface area contributed by atoms with Crippen LogP contribution in [0.15, 0.2) is 0 Å². The van der Waals surface area contributed by atoms with Crippen molar-refractivity contribution < 1.29 is 26.6 Å². The smallest absolute Gasteiger partial charge is 0.172 e. The summed E-state index contributed by atoms with van der Waals surface area (Å²) in [5.74, 6) is 0. The molecule has 0 amide bonds. The van der Waals surface area contributed by atoms with E-state index < -0.39 is 4.93 Å². The van der Waals surface area contributed by atoms with E-state index in [2.05, 4.69) is 35.0 Å². The van der Waals surface area contributed by atoms with E-state index in [0.717, 1.165) is 24.6 Å². The molecule has 1 unspecified atom stereocenters. The molecule has 0 saturated heterocycles.